The van der Waals surface area contributed by atoms with Crippen molar-refractivity contribution in [2.45, 2.75) is 6.42 Å². The number of halogens is 1. The van der Waals surface area contributed by atoms with Crippen LogP contribution in [0.25, 0.3) is 0 Å². The lowest BCUT2D eigenvalue weighted by Crippen LogP contribution is -1.99. The second-order valence-electron chi connectivity index (χ2n) is 2.96. The van der Waals surface area contributed by atoms with Gasteiger partial charge in [0.2, 0.25) is 0 Å². The van der Waals surface area contributed by atoms with Crippen LogP contribution >= 0.6 is 0 Å². The summed E-state index contributed by atoms with van der Waals surface area (Å²) in [5.41, 5.74) is -0.0654. The molecule has 2 rings (SSSR count). The maximum atomic E-state index is 13.1. The van der Waals surface area contributed by atoms with Gasteiger partial charge in [0.1, 0.15) is 5.82 Å². The fourth-order valence-electron chi connectivity index (χ4n) is 1.34. The number of carbonyl (C=O) groups excluding carboxylic acids is 1. The van der Waals surface area contributed by atoms with Gasteiger partial charge in [0.15, 0.2) is 17.8 Å². The molecule has 0 amide bonds. The minimum absolute atomic E-state index is 0.0654. The van der Waals surface area contributed by atoms with Crippen LogP contribution in [0.15, 0.2) is 12.1 Å². The third kappa shape index (κ3) is 1.43. The maximum Gasteiger partial charge on any atom is 0.174 e. The van der Waals surface area contributed by atoms with Crippen LogP contribution in [0.5, 0.6) is 11.5 Å². The first kappa shape index (κ1) is 8.99. The van der Waals surface area contributed by atoms with Crippen molar-refractivity contribution in [3.63, 3.8) is 0 Å². The minimum Gasteiger partial charge on any atom is -0.490 e. The summed E-state index contributed by atoms with van der Waals surface area (Å²) in [5, 5.41) is 0. The van der Waals surface area contributed by atoms with Gasteiger partial charge < -0.3 is 9.47 Å². The van der Waals surface area contributed by atoms with Gasteiger partial charge in [0.05, 0.1) is 18.8 Å². The second kappa shape index (κ2) is 3.65. The molecule has 1 aliphatic heterocycles. The zero-order valence-electron chi connectivity index (χ0n) is 7.46. The van der Waals surface area contributed by atoms with Gasteiger partial charge in [-0.25, -0.2) is 4.39 Å². The Kier molecular flexibility index (Phi) is 2.35. The van der Waals surface area contributed by atoms with E-state index in [1.807, 2.05) is 0 Å². The predicted molar refractivity (Wildman–Crippen MR) is 47.4 cm³/mol. The number of fused-ring (bicyclic) bond motifs is 1. The monoisotopic (exact) mass is 196 g/mol. The van der Waals surface area contributed by atoms with E-state index in [4.69, 9.17) is 9.47 Å². The zero-order chi connectivity index (χ0) is 9.97. The van der Waals surface area contributed by atoms with Gasteiger partial charge in [-0.05, 0) is 12.1 Å². The molecule has 3 nitrogen and oxygen atoms in total. The zero-order valence-corrected chi connectivity index (χ0v) is 7.46. The molecule has 74 valence electrons. The van der Waals surface area contributed by atoms with Gasteiger partial charge >= 0.3 is 0 Å². The van der Waals surface area contributed by atoms with Crippen molar-refractivity contribution in [1.82, 2.24) is 0 Å². The van der Waals surface area contributed by atoms with Gasteiger partial charge in [-0.1, -0.05) is 0 Å². The molecule has 1 aromatic rings. The number of hydrogen-bond acceptors (Lipinski definition) is 3. The Morgan fingerprint density at radius 1 is 1.29 bits per heavy atom. The summed E-state index contributed by atoms with van der Waals surface area (Å²) in [6.07, 6.45) is 1.18. The van der Waals surface area contributed by atoms with Crippen LogP contribution in [-0.2, 0) is 0 Å². The molecular weight excluding hydrogens is 187 g/mol. The van der Waals surface area contributed by atoms with Gasteiger partial charge in [-0.15, -0.1) is 0 Å². The number of hydrogen-bond donors (Lipinski definition) is 0. The van der Waals surface area contributed by atoms with Crippen LogP contribution in [0, 0.1) is 5.82 Å². The molecule has 1 aromatic carbocycles. The van der Waals surface area contributed by atoms with Crippen molar-refractivity contribution in [3.05, 3.63) is 23.5 Å². The third-order valence-corrected chi connectivity index (χ3v) is 2.02. The van der Waals surface area contributed by atoms with Crippen molar-refractivity contribution in [1.29, 1.82) is 0 Å². The Morgan fingerprint density at radius 2 is 2.07 bits per heavy atom. The maximum absolute atomic E-state index is 13.1. The van der Waals surface area contributed by atoms with Crippen molar-refractivity contribution < 1.29 is 18.7 Å². The first-order chi connectivity index (χ1) is 6.83. The fourth-order valence-corrected chi connectivity index (χ4v) is 1.34. The van der Waals surface area contributed by atoms with Crippen molar-refractivity contribution in [3.8, 4) is 11.5 Å². The molecule has 0 fully saturated rings. The SMILES string of the molecule is O=Cc1c(F)ccc2c1OCCCO2. The highest BCUT2D eigenvalue weighted by Gasteiger charge is 2.17. The lowest BCUT2D eigenvalue weighted by Gasteiger charge is -2.09. The number of ether oxygens (including phenoxy) is 2. The predicted octanol–water partition coefficient (Wildman–Crippen LogP) is 1.80. The molecule has 0 N–H and O–H groups in total. The topological polar surface area (TPSA) is 35.5 Å². The largest absolute Gasteiger partial charge is 0.490 e. The van der Waals surface area contributed by atoms with E-state index in [1.54, 1.807) is 0 Å². The Morgan fingerprint density at radius 3 is 2.86 bits per heavy atom. The molecule has 0 spiro atoms. The first-order valence-electron chi connectivity index (χ1n) is 4.36. The van der Waals surface area contributed by atoms with Crippen LogP contribution in [-0.4, -0.2) is 19.5 Å². The van der Waals surface area contributed by atoms with Crippen LogP contribution in [0.3, 0.4) is 0 Å². The standard InChI is InChI=1S/C10H9FO3/c11-8-2-3-9-10(7(8)6-12)14-5-1-4-13-9/h2-3,6H,1,4-5H2. The van der Waals surface area contributed by atoms with Gasteiger partial charge in [0, 0.05) is 6.42 Å². The molecule has 0 aromatic heterocycles. The fraction of sp³-hybridized carbons (Fsp3) is 0.300. The van der Waals surface area contributed by atoms with E-state index in [-0.39, 0.29) is 11.3 Å². The first-order valence-corrected chi connectivity index (χ1v) is 4.36. The molecule has 0 atom stereocenters. The van der Waals surface area contributed by atoms with Gasteiger partial charge in [-0.2, -0.15) is 0 Å². The normalized spacial score (nSPS) is 14.6. The molecule has 0 saturated carbocycles. The van der Waals surface area contributed by atoms with Crippen molar-refractivity contribution >= 4 is 6.29 Å². The number of aldehydes is 1. The summed E-state index contributed by atoms with van der Waals surface area (Å²) >= 11 is 0. The average molecular weight is 196 g/mol. The Labute approximate surface area is 80.4 Å². The summed E-state index contributed by atoms with van der Waals surface area (Å²) in [5.74, 6) is 0.0766. The molecule has 14 heavy (non-hydrogen) atoms. The van der Waals surface area contributed by atoms with E-state index in [9.17, 15) is 9.18 Å². The molecular formula is C10H9FO3. The number of rotatable bonds is 1. The lowest BCUT2D eigenvalue weighted by atomic mass is 10.2. The van der Waals surface area contributed by atoms with E-state index in [0.717, 1.165) is 6.42 Å². The molecule has 1 heterocycles. The highest BCUT2D eigenvalue weighted by molar-refractivity contribution is 5.81. The minimum atomic E-state index is -0.579. The van der Waals surface area contributed by atoms with E-state index in [1.165, 1.54) is 12.1 Å². The second-order valence-corrected chi connectivity index (χ2v) is 2.96. The highest BCUT2D eigenvalue weighted by atomic mass is 19.1. The smallest absolute Gasteiger partial charge is 0.174 e. The van der Waals surface area contributed by atoms with Crippen LogP contribution in [0.2, 0.25) is 0 Å². The molecule has 0 radical (unpaired) electrons. The quantitative estimate of drug-likeness (QED) is 0.642. The molecule has 0 bridgehead atoms. The summed E-state index contributed by atoms with van der Waals surface area (Å²) < 4.78 is 23.7. The molecule has 1 aliphatic rings. The van der Waals surface area contributed by atoms with Crippen LogP contribution in [0.1, 0.15) is 16.8 Å². The summed E-state index contributed by atoms with van der Waals surface area (Å²) in [6, 6.07) is 2.68. The van der Waals surface area contributed by atoms with E-state index >= 15 is 0 Å². The van der Waals surface area contributed by atoms with E-state index in [2.05, 4.69) is 0 Å². The molecule has 0 saturated heterocycles. The molecule has 0 unspecified atom stereocenters. The van der Waals surface area contributed by atoms with Gasteiger partial charge in [0.25, 0.3) is 0 Å². The summed E-state index contributed by atoms with van der Waals surface area (Å²) in [6.45, 7) is 0.966. The lowest BCUT2D eigenvalue weighted by molar-refractivity contribution is 0.111. The van der Waals surface area contributed by atoms with Crippen molar-refractivity contribution in [2.24, 2.45) is 0 Å². The van der Waals surface area contributed by atoms with E-state index in [0.29, 0.717) is 25.2 Å². The number of benzene rings is 1. The summed E-state index contributed by atoms with van der Waals surface area (Å²) in [4.78, 5) is 10.6. The van der Waals surface area contributed by atoms with E-state index < -0.39 is 5.82 Å². The Bertz CT molecular complexity index is 363. The Balaban J connectivity index is 2.53. The van der Waals surface area contributed by atoms with Gasteiger partial charge in [-0.3, -0.25) is 4.79 Å². The Hall–Kier alpha value is -1.58. The van der Waals surface area contributed by atoms with Crippen LogP contribution < -0.4 is 9.47 Å². The molecule has 0 aliphatic carbocycles. The summed E-state index contributed by atoms with van der Waals surface area (Å²) in [7, 11) is 0. The highest BCUT2D eigenvalue weighted by Crippen LogP contribution is 2.33. The average Bonchev–Trinajstić information content (AvgIpc) is 2.42. The van der Waals surface area contributed by atoms with Crippen molar-refractivity contribution in [2.75, 3.05) is 13.2 Å². The molecule has 4 heteroatoms. The third-order valence-electron chi connectivity index (χ3n) is 2.02. The van der Waals surface area contributed by atoms with Crippen LogP contribution in [0.4, 0.5) is 4.39 Å². The number of carbonyl (C=O) groups is 1.